The predicted octanol–water partition coefficient (Wildman–Crippen LogP) is 2.72. The molecule has 1 saturated heterocycles. The van der Waals surface area contributed by atoms with Gasteiger partial charge in [-0.25, -0.2) is 4.79 Å². The maximum Gasteiger partial charge on any atom is 0.412 e. The summed E-state index contributed by atoms with van der Waals surface area (Å²) in [7, 11) is 0. The van der Waals surface area contributed by atoms with Crippen molar-refractivity contribution in [3.8, 4) is 0 Å². The van der Waals surface area contributed by atoms with Gasteiger partial charge >= 0.3 is 6.09 Å². The summed E-state index contributed by atoms with van der Waals surface area (Å²) in [6.45, 7) is 7.62. The van der Waals surface area contributed by atoms with Crippen molar-refractivity contribution in [1.29, 1.82) is 0 Å². The van der Waals surface area contributed by atoms with E-state index in [2.05, 4.69) is 22.8 Å². The molecular weight excluding hydrogens is 228 g/mol. The molecular formula is C14H20N2O2. The minimum Gasteiger partial charge on any atom is -0.444 e. The molecule has 1 fully saturated rings. The van der Waals surface area contributed by atoms with Gasteiger partial charge in [-0.3, -0.25) is 5.32 Å². The summed E-state index contributed by atoms with van der Waals surface area (Å²) in [5.41, 5.74) is 1.60. The molecule has 0 aromatic heterocycles. The molecule has 1 aliphatic heterocycles. The van der Waals surface area contributed by atoms with E-state index in [0.717, 1.165) is 18.8 Å². The van der Waals surface area contributed by atoms with Crippen molar-refractivity contribution < 1.29 is 9.53 Å². The Bertz CT molecular complexity index is 416. The molecule has 98 valence electrons. The standard InChI is InChI=1S/C14H20N2O2/c1-14(2,3)18-13(17)16-12-6-4-10(5-7-12)11-8-15-9-11/h4-7,11,15H,8-9H2,1-3H3,(H,16,17). The Morgan fingerprint density at radius 3 is 2.33 bits per heavy atom. The Labute approximate surface area is 108 Å². The number of ether oxygens (including phenoxy) is 1. The molecule has 2 rings (SSSR count). The van der Waals surface area contributed by atoms with Gasteiger partial charge in [0.25, 0.3) is 0 Å². The quantitative estimate of drug-likeness (QED) is 0.846. The van der Waals surface area contributed by atoms with Gasteiger partial charge in [0, 0.05) is 24.7 Å². The first-order valence-corrected chi connectivity index (χ1v) is 6.25. The third-order valence-electron chi connectivity index (χ3n) is 2.81. The van der Waals surface area contributed by atoms with Crippen LogP contribution in [0.1, 0.15) is 32.3 Å². The molecule has 2 N–H and O–H groups in total. The van der Waals surface area contributed by atoms with E-state index in [1.165, 1.54) is 5.56 Å². The molecule has 1 amide bonds. The average Bonchev–Trinajstić information content (AvgIpc) is 2.15. The first-order valence-electron chi connectivity index (χ1n) is 6.25. The smallest absolute Gasteiger partial charge is 0.412 e. The van der Waals surface area contributed by atoms with Crippen LogP contribution < -0.4 is 10.6 Å². The minimum atomic E-state index is -0.471. The van der Waals surface area contributed by atoms with Crippen molar-refractivity contribution in [3.63, 3.8) is 0 Å². The van der Waals surface area contributed by atoms with Crippen LogP contribution in [0.4, 0.5) is 10.5 Å². The van der Waals surface area contributed by atoms with Gasteiger partial charge < -0.3 is 10.1 Å². The van der Waals surface area contributed by atoms with Gasteiger partial charge in [-0.15, -0.1) is 0 Å². The van der Waals surface area contributed by atoms with E-state index in [1.54, 1.807) is 0 Å². The van der Waals surface area contributed by atoms with Crippen molar-refractivity contribution in [2.24, 2.45) is 0 Å². The molecule has 0 radical (unpaired) electrons. The first kappa shape index (κ1) is 12.9. The van der Waals surface area contributed by atoms with Crippen LogP contribution in [0.3, 0.4) is 0 Å². The van der Waals surface area contributed by atoms with Gasteiger partial charge in [0.2, 0.25) is 0 Å². The molecule has 1 heterocycles. The van der Waals surface area contributed by atoms with Gasteiger partial charge in [-0.05, 0) is 38.5 Å². The zero-order valence-corrected chi connectivity index (χ0v) is 11.1. The van der Waals surface area contributed by atoms with Crippen molar-refractivity contribution in [3.05, 3.63) is 29.8 Å². The highest BCUT2D eigenvalue weighted by atomic mass is 16.6. The van der Waals surface area contributed by atoms with Gasteiger partial charge in [-0.2, -0.15) is 0 Å². The normalized spacial score (nSPS) is 15.9. The minimum absolute atomic E-state index is 0.416. The van der Waals surface area contributed by atoms with Crippen molar-refractivity contribution in [1.82, 2.24) is 5.32 Å². The van der Waals surface area contributed by atoms with E-state index in [9.17, 15) is 4.79 Å². The topological polar surface area (TPSA) is 50.4 Å². The van der Waals surface area contributed by atoms with Crippen LogP contribution in [0.15, 0.2) is 24.3 Å². The second kappa shape index (κ2) is 4.98. The zero-order valence-electron chi connectivity index (χ0n) is 11.1. The molecule has 0 saturated carbocycles. The third-order valence-corrected chi connectivity index (χ3v) is 2.81. The van der Waals surface area contributed by atoms with E-state index in [-0.39, 0.29) is 0 Å². The molecule has 1 aliphatic rings. The molecule has 4 heteroatoms. The van der Waals surface area contributed by atoms with E-state index in [1.807, 2.05) is 32.9 Å². The lowest BCUT2D eigenvalue weighted by Crippen LogP contribution is -2.39. The molecule has 1 aromatic rings. The lowest BCUT2D eigenvalue weighted by atomic mass is 9.94. The number of benzene rings is 1. The molecule has 4 nitrogen and oxygen atoms in total. The fourth-order valence-corrected chi connectivity index (χ4v) is 1.78. The van der Waals surface area contributed by atoms with Gasteiger partial charge in [0.05, 0.1) is 0 Å². The number of rotatable bonds is 2. The van der Waals surface area contributed by atoms with Crippen LogP contribution in [0, 0.1) is 0 Å². The highest BCUT2D eigenvalue weighted by molar-refractivity contribution is 5.84. The number of anilines is 1. The second-order valence-electron chi connectivity index (χ2n) is 5.60. The van der Waals surface area contributed by atoms with E-state index in [0.29, 0.717) is 5.92 Å². The Kier molecular flexibility index (Phi) is 3.57. The summed E-state index contributed by atoms with van der Waals surface area (Å²) >= 11 is 0. The Balaban J connectivity index is 1.91. The van der Waals surface area contributed by atoms with Crippen molar-refractivity contribution in [2.45, 2.75) is 32.3 Å². The molecule has 0 aliphatic carbocycles. The Morgan fingerprint density at radius 2 is 1.89 bits per heavy atom. The van der Waals surface area contributed by atoms with Gasteiger partial charge in [0.15, 0.2) is 0 Å². The number of nitrogens with one attached hydrogen (secondary N) is 2. The highest BCUT2D eigenvalue weighted by Gasteiger charge is 2.19. The van der Waals surface area contributed by atoms with E-state index >= 15 is 0 Å². The summed E-state index contributed by atoms with van der Waals surface area (Å²) in [5, 5.41) is 5.97. The largest absolute Gasteiger partial charge is 0.444 e. The number of amides is 1. The summed E-state index contributed by atoms with van der Waals surface area (Å²) < 4.78 is 5.19. The summed E-state index contributed by atoms with van der Waals surface area (Å²) in [4.78, 5) is 11.6. The van der Waals surface area contributed by atoms with Crippen molar-refractivity contribution in [2.75, 3.05) is 18.4 Å². The Morgan fingerprint density at radius 1 is 1.28 bits per heavy atom. The van der Waals surface area contributed by atoms with E-state index < -0.39 is 11.7 Å². The maximum atomic E-state index is 11.6. The van der Waals surface area contributed by atoms with Crippen LogP contribution in [0.5, 0.6) is 0 Å². The SMILES string of the molecule is CC(C)(C)OC(=O)Nc1ccc(C2CNC2)cc1. The molecule has 0 bridgehead atoms. The lowest BCUT2D eigenvalue weighted by molar-refractivity contribution is 0.0636. The average molecular weight is 248 g/mol. The number of carbonyl (C=O) groups is 1. The van der Waals surface area contributed by atoms with Gasteiger partial charge in [0.1, 0.15) is 5.60 Å². The second-order valence-corrected chi connectivity index (χ2v) is 5.60. The summed E-state index contributed by atoms with van der Waals surface area (Å²) in [5.74, 6) is 0.612. The van der Waals surface area contributed by atoms with Crippen molar-refractivity contribution >= 4 is 11.8 Å². The molecule has 1 aromatic carbocycles. The number of hydrogen-bond acceptors (Lipinski definition) is 3. The monoisotopic (exact) mass is 248 g/mol. The Hall–Kier alpha value is -1.55. The fourth-order valence-electron chi connectivity index (χ4n) is 1.78. The van der Waals surface area contributed by atoms with Crippen LogP contribution >= 0.6 is 0 Å². The summed E-state index contributed by atoms with van der Waals surface area (Å²) in [6.07, 6.45) is -0.416. The molecule has 0 atom stereocenters. The lowest BCUT2D eigenvalue weighted by Gasteiger charge is -2.27. The fraction of sp³-hybridized carbons (Fsp3) is 0.500. The highest BCUT2D eigenvalue weighted by Crippen LogP contribution is 2.21. The third kappa shape index (κ3) is 3.47. The number of hydrogen-bond donors (Lipinski definition) is 2. The van der Waals surface area contributed by atoms with E-state index in [4.69, 9.17) is 4.74 Å². The van der Waals surface area contributed by atoms with Crippen LogP contribution in [-0.4, -0.2) is 24.8 Å². The van der Waals surface area contributed by atoms with Crippen LogP contribution in [0.25, 0.3) is 0 Å². The van der Waals surface area contributed by atoms with Crippen LogP contribution in [0.2, 0.25) is 0 Å². The van der Waals surface area contributed by atoms with Crippen LogP contribution in [-0.2, 0) is 4.74 Å². The molecule has 0 spiro atoms. The molecule has 0 unspecified atom stereocenters. The maximum absolute atomic E-state index is 11.6. The molecule has 18 heavy (non-hydrogen) atoms. The zero-order chi connectivity index (χ0) is 13.2. The van der Waals surface area contributed by atoms with Gasteiger partial charge in [-0.1, -0.05) is 12.1 Å². The first-order chi connectivity index (χ1) is 8.44. The number of carbonyl (C=O) groups excluding carboxylic acids is 1. The summed E-state index contributed by atoms with van der Waals surface area (Å²) in [6, 6.07) is 7.94. The predicted molar refractivity (Wildman–Crippen MR) is 71.9 cm³/mol.